The summed E-state index contributed by atoms with van der Waals surface area (Å²) in [6.07, 6.45) is 3.10. The molecule has 0 saturated carbocycles. The normalized spacial score (nSPS) is 10.6. The Morgan fingerprint density at radius 1 is 0.933 bits per heavy atom. The third-order valence-electron chi connectivity index (χ3n) is 4.05. The molecule has 0 radical (unpaired) electrons. The first kappa shape index (κ1) is 20.8. The molecule has 0 aliphatic heterocycles. The summed E-state index contributed by atoms with van der Waals surface area (Å²) in [5, 5.41) is 5.46. The number of halogens is 1. The maximum absolute atomic E-state index is 13.2. The van der Waals surface area contributed by atoms with Gasteiger partial charge in [-0.25, -0.2) is 4.39 Å². The summed E-state index contributed by atoms with van der Waals surface area (Å²) in [5.41, 5.74) is 2.82. The molecule has 5 nitrogen and oxygen atoms in total. The standard InChI is InChI=1S/C24H21FN2O3/c1-17(28)26-21-11-8-18(9-12-21)10-13-24(29)27-22-6-3-7-23(15-22)30-16-19-4-2-5-20(25)14-19/h2-15H,16H2,1H3,(H,26,28)(H,27,29)/b13-10+. The second-order valence-corrected chi connectivity index (χ2v) is 6.57. The summed E-state index contributed by atoms with van der Waals surface area (Å²) in [6.45, 7) is 1.67. The summed E-state index contributed by atoms with van der Waals surface area (Å²) >= 11 is 0. The Balaban J connectivity index is 1.55. The van der Waals surface area contributed by atoms with Crippen molar-refractivity contribution in [1.29, 1.82) is 0 Å². The minimum absolute atomic E-state index is 0.139. The third-order valence-corrected chi connectivity index (χ3v) is 4.05. The Labute approximate surface area is 174 Å². The lowest BCUT2D eigenvalue weighted by atomic mass is 10.2. The SMILES string of the molecule is CC(=O)Nc1ccc(/C=C/C(=O)Nc2cccc(OCc3cccc(F)c3)c2)cc1. The highest BCUT2D eigenvalue weighted by molar-refractivity contribution is 6.02. The van der Waals surface area contributed by atoms with Crippen LogP contribution in [-0.2, 0) is 16.2 Å². The van der Waals surface area contributed by atoms with Gasteiger partial charge in [0.15, 0.2) is 0 Å². The topological polar surface area (TPSA) is 67.4 Å². The van der Waals surface area contributed by atoms with Crippen LogP contribution in [-0.4, -0.2) is 11.8 Å². The highest BCUT2D eigenvalue weighted by atomic mass is 19.1. The van der Waals surface area contributed by atoms with Crippen LogP contribution in [0, 0.1) is 5.82 Å². The van der Waals surface area contributed by atoms with Crippen molar-refractivity contribution < 1.29 is 18.7 Å². The van der Waals surface area contributed by atoms with Crippen LogP contribution in [0.5, 0.6) is 5.75 Å². The summed E-state index contributed by atoms with van der Waals surface area (Å²) in [7, 11) is 0. The molecular weight excluding hydrogens is 383 g/mol. The second kappa shape index (κ2) is 10.0. The maximum atomic E-state index is 13.2. The van der Waals surface area contributed by atoms with Crippen LogP contribution in [0.15, 0.2) is 78.9 Å². The van der Waals surface area contributed by atoms with Gasteiger partial charge >= 0.3 is 0 Å². The Hall–Kier alpha value is -3.93. The second-order valence-electron chi connectivity index (χ2n) is 6.57. The fourth-order valence-electron chi connectivity index (χ4n) is 2.69. The van der Waals surface area contributed by atoms with E-state index in [1.807, 2.05) is 0 Å². The molecule has 0 saturated heterocycles. The van der Waals surface area contributed by atoms with Crippen LogP contribution in [0.2, 0.25) is 0 Å². The zero-order valence-corrected chi connectivity index (χ0v) is 16.4. The molecule has 6 heteroatoms. The Morgan fingerprint density at radius 3 is 2.43 bits per heavy atom. The van der Waals surface area contributed by atoms with E-state index in [1.165, 1.54) is 25.1 Å². The van der Waals surface area contributed by atoms with Gasteiger partial charge in [-0.15, -0.1) is 0 Å². The smallest absolute Gasteiger partial charge is 0.248 e. The van der Waals surface area contributed by atoms with Crippen molar-refractivity contribution in [3.05, 3.63) is 95.8 Å². The number of ether oxygens (including phenoxy) is 1. The zero-order chi connectivity index (χ0) is 21.3. The van der Waals surface area contributed by atoms with E-state index in [0.717, 1.165) is 11.1 Å². The van der Waals surface area contributed by atoms with Crippen LogP contribution in [0.1, 0.15) is 18.1 Å². The predicted octanol–water partition coefficient (Wildman–Crippen LogP) is 5.02. The average Bonchev–Trinajstić information content (AvgIpc) is 2.72. The van der Waals surface area contributed by atoms with Crippen LogP contribution >= 0.6 is 0 Å². The molecule has 0 heterocycles. The van der Waals surface area contributed by atoms with Gasteiger partial charge in [0.2, 0.25) is 11.8 Å². The highest BCUT2D eigenvalue weighted by Crippen LogP contribution is 2.19. The largest absolute Gasteiger partial charge is 0.489 e. The van der Waals surface area contributed by atoms with E-state index in [4.69, 9.17) is 4.74 Å². The Kier molecular flexibility index (Phi) is 6.95. The van der Waals surface area contributed by atoms with E-state index in [9.17, 15) is 14.0 Å². The quantitative estimate of drug-likeness (QED) is 0.544. The number of benzene rings is 3. The lowest BCUT2D eigenvalue weighted by Crippen LogP contribution is -2.08. The lowest BCUT2D eigenvalue weighted by Gasteiger charge is -2.09. The van der Waals surface area contributed by atoms with Gasteiger partial charge in [-0.1, -0.05) is 30.3 Å². The van der Waals surface area contributed by atoms with Gasteiger partial charge in [0.05, 0.1) is 0 Å². The van der Waals surface area contributed by atoms with Gasteiger partial charge in [0.1, 0.15) is 18.2 Å². The van der Waals surface area contributed by atoms with Crippen LogP contribution in [0.3, 0.4) is 0 Å². The molecule has 2 amide bonds. The molecule has 0 aliphatic rings. The first-order valence-electron chi connectivity index (χ1n) is 9.32. The van der Waals surface area contributed by atoms with Gasteiger partial charge in [0, 0.05) is 30.4 Å². The molecular formula is C24H21FN2O3. The first-order valence-corrected chi connectivity index (χ1v) is 9.32. The van der Waals surface area contributed by atoms with E-state index >= 15 is 0 Å². The molecule has 0 bridgehead atoms. The first-order chi connectivity index (χ1) is 14.5. The van der Waals surface area contributed by atoms with Crippen molar-refractivity contribution in [2.75, 3.05) is 10.6 Å². The molecule has 2 N–H and O–H groups in total. The highest BCUT2D eigenvalue weighted by Gasteiger charge is 2.02. The van der Waals surface area contributed by atoms with Gasteiger partial charge < -0.3 is 15.4 Å². The molecule has 3 aromatic carbocycles. The van der Waals surface area contributed by atoms with Crippen LogP contribution < -0.4 is 15.4 Å². The molecule has 0 aliphatic carbocycles. The molecule has 0 atom stereocenters. The fraction of sp³-hybridized carbons (Fsp3) is 0.0833. The summed E-state index contributed by atoms with van der Waals surface area (Å²) in [6, 6.07) is 20.3. The lowest BCUT2D eigenvalue weighted by molar-refractivity contribution is -0.114. The van der Waals surface area contributed by atoms with E-state index in [1.54, 1.807) is 66.7 Å². The predicted molar refractivity (Wildman–Crippen MR) is 116 cm³/mol. The number of carbonyl (C=O) groups is 2. The number of hydrogen-bond donors (Lipinski definition) is 2. The van der Waals surface area contributed by atoms with E-state index in [2.05, 4.69) is 10.6 Å². The number of hydrogen-bond acceptors (Lipinski definition) is 3. The van der Waals surface area contributed by atoms with Crippen molar-refractivity contribution in [2.24, 2.45) is 0 Å². The molecule has 3 rings (SSSR count). The summed E-state index contributed by atoms with van der Waals surface area (Å²) in [4.78, 5) is 23.2. The summed E-state index contributed by atoms with van der Waals surface area (Å²) in [5.74, 6) is -0.175. The molecule has 0 fully saturated rings. The van der Waals surface area contributed by atoms with Gasteiger partial charge in [-0.05, 0) is 53.6 Å². The minimum atomic E-state index is -0.311. The number of amides is 2. The van der Waals surface area contributed by atoms with E-state index in [-0.39, 0.29) is 24.2 Å². The van der Waals surface area contributed by atoms with Crippen molar-refractivity contribution in [3.63, 3.8) is 0 Å². The van der Waals surface area contributed by atoms with E-state index in [0.29, 0.717) is 17.1 Å². The number of nitrogens with one attached hydrogen (secondary N) is 2. The molecule has 30 heavy (non-hydrogen) atoms. The Bertz CT molecular complexity index is 1060. The molecule has 0 unspecified atom stereocenters. The average molecular weight is 404 g/mol. The van der Waals surface area contributed by atoms with Crippen LogP contribution in [0.4, 0.5) is 15.8 Å². The number of anilines is 2. The fourth-order valence-corrected chi connectivity index (χ4v) is 2.69. The Morgan fingerprint density at radius 2 is 1.70 bits per heavy atom. The zero-order valence-electron chi connectivity index (χ0n) is 16.4. The van der Waals surface area contributed by atoms with E-state index < -0.39 is 0 Å². The molecule has 0 aromatic heterocycles. The van der Waals surface area contributed by atoms with Crippen molar-refractivity contribution in [2.45, 2.75) is 13.5 Å². The molecule has 152 valence electrons. The summed E-state index contributed by atoms with van der Waals surface area (Å²) < 4.78 is 18.9. The third kappa shape index (κ3) is 6.60. The van der Waals surface area contributed by atoms with Crippen molar-refractivity contribution in [3.8, 4) is 5.75 Å². The molecule has 3 aromatic rings. The van der Waals surface area contributed by atoms with Crippen LogP contribution in [0.25, 0.3) is 6.08 Å². The minimum Gasteiger partial charge on any atom is -0.489 e. The monoisotopic (exact) mass is 404 g/mol. The number of rotatable bonds is 7. The number of carbonyl (C=O) groups excluding carboxylic acids is 2. The van der Waals surface area contributed by atoms with Gasteiger partial charge in [-0.3, -0.25) is 9.59 Å². The van der Waals surface area contributed by atoms with Gasteiger partial charge in [-0.2, -0.15) is 0 Å². The molecule has 0 spiro atoms. The van der Waals surface area contributed by atoms with Crippen molar-refractivity contribution in [1.82, 2.24) is 0 Å². The van der Waals surface area contributed by atoms with Gasteiger partial charge in [0.25, 0.3) is 0 Å². The maximum Gasteiger partial charge on any atom is 0.248 e. The van der Waals surface area contributed by atoms with Crippen molar-refractivity contribution >= 4 is 29.3 Å².